The lowest BCUT2D eigenvalue weighted by molar-refractivity contribution is 0.625. The van der Waals surface area contributed by atoms with E-state index in [0.29, 0.717) is 6.04 Å². The molecule has 1 aliphatic heterocycles. The Bertz CT molecular complexity index is 323. The van der Waals surface area contributed by atoms with Crippen molar-refractivity contribution < 1.29 is 0 Å². The number of halogens is 1. The van der Waals surface area contributed by atoms with Gasteiger partial charge in [0.1, 0.15) is 5.82 Å². The van der Waals surface area contributed by atoms with Crippen molar-refractivity contribution in [2.75, 3.05) is 11.4 Å². The van der Waals surface area contributed by atoms with E-state index in [1.54, 1.807) is 0 Å². The van der Waals surface area contributed by atoms with Gasteiger partial charge in [0.2, 0.25) is 0 Å². The van der Waals surface area contributed by atoms with Crippen LogP contribution < -0.4 is 4.90 Å². The number of alkyl halides is 1. The topological polar surface area (TPSA) is 16.1 Å². The van der Waals surface area contributed by atoms with E-state index in [1.807, 2.05) is 6.20 Å². The summed E-state index contributed by atoms with van der Waals surface area (Å²) in [7, 11) is 0. The molecule has 1 aromatic heterocycles. The van der Waals surface area contributed by atoms with Crippen LogP contribution in [0.1, 0.15) is 25.8 Å². The largest absolute Gasteiger partial charge is 0.354 e. The minimum atomic E-state index is 0.627. The summed E-state index contributed by atoms with van der Waals surface area (Å²) in [5, 5.41) is 0.881. The number of rotatable bonds is 2. The first-order chi connectivity index (χ1) is 7.20. The van der Waals surface area contributed by atoms with E-state index in [-0.39, 0.29) is 0 Å². The molecule has 2 heterocycles. The fourth-order valence-electron chi connectivity index (χ4n) is 2.28. The number of hydrogen-bond acceptors (Lipinski definition) is 2. The molecular formula is C12H17BrN2. The molecule has 0 bridgehead atoms. The molecule has 1 aliphatic rings. The van der Waals surface area contributed by atoms with Crippen LogP contribution in [-0.2, 0) is 5.33 Å². The van der Waals surface area contributed by atoms with Gasteiger partial charge in [0.15, 0.2) is 0 Å². The lowest BCUT2D eigenvalue weighted by Gasteiger charge is -2.22. The van der Waals surface area contributed by atoms with Crippen LogP contribution in [0, 0.1) is 5.92 Å². The van der Waals surface area contributed by atoms with Gasteiger partial charge >= 0.3 is 0 Å². The van der Waals surface area contributed by atoms with Crippen molar-refractivity contribution in [3.05, 3.63) is 23.9 Å². The van der Waals surface area contributed by atoms with E-state index in [4.69, 9.17) is 0 Å². The molecule has 2 nitrogen and oxygen atoms in total. The fourth-order valence-corrected chi connectivity index (χ4v) is 2.62. The first kappa shape index (κ1) is 10.9. The molecule has 82 valence electrons. The second-order valence-corrected chi connectivity index (χ2v) is 5.06. The summed E-state index contributed by atoms with van der Waals surface area (Å²) in [5.41, 5.74) is 1.23. The van der Waals surface area contributed by atoms with Crippen LogP contribution in [0.15, 0.2) is 18.3 Å². The summed E-state index contributed by atoms with van der Waals surface area (Å²) < 4.78 is 0. The van der Waals surface area contributed by atoms with Crippen LogP contribution in [-0.4, -0.2) is 17.6 Å². The Kier molecular flexibility index (Phi) is 3.29. The number of anilines is 1. The second-order valence-electron chi connectivity index (χ2n) is 4.50. The zero-order chi connectivity index (χ0) is 10.8. The number of hydrogen-bond donors (Lipinski definition) is 0. The number of nitrogens with zero attached hydrogens (tertiary/aromatic N) is 2. The summed E-state index contributed by atoms with van der Waals surface area (Å²) in [4.78, 5) is 6.92. The van der Waals surface area contributed by atoms with Gasteiger partial charge in [-0.2, -0.15) is 0 Å². The maximum Gasteiger partial charge on any atom is 0.128 e. The van der Waals surface area contributed by atoms with Gasteiger partial charge in [0.25, 0.3) is 0 Å². The molecule has 0 aliphatic carbocycles. The molecule has 0 aromatic carbocycles. The first-order valence-corrected chi connectivity index (χ1v) is 6.60. The summed E-state index contributed by atoms with van der Waals surface area (Å²) in [5.74, 6) is 1.91. The highest BCUT2D eigenvalue weighted by Crippen LogP contribution is 2.27. The van der Waals surface area contributed by atoms with Crippen molar-refractivity contribution in [3.8, 4) is 0 Å². The summed E-state index contributed by atoms with van der Waals surface area (Å²) >= 11 is 3.43. The van der Waals surface area contributed by atoms with Crippen LogP contribution in [0.5, 0.6) is 0 Å². The van der Waals surface area contributed by atoms with Crippen LogP contribution in [0.2, 0.25) is 0 Å². The second kappa shape index (κ2) is 4.52. The van der Waals surface area contributed by atoms with E-state index in [2.05, 4.69) is 51.8 Å². The van der Waals surface area contributed by atoms with Crippen molar-refractivity contribution in [1.29, 1.82) is 0 Å². The highest BCUT2D eigenvalue weighted by atomic mass is 79.9. The third-order valence-corrected chi connectivity index (χ3v) is 3.69. The molecule has 2 atom stereocenters. The maximum atomic E-state index is 4.51. The molecule has 3 heteroatoms. The Balaban J connectivity index is 2.15. The molecule has 1 fully saturated rings. The molecule has 0 N–H and O–H groups in total. The molecule has 0 radical (unpaired) electrons. The van der Waals surface area contributed by atoms with E-state index in [0.717, 1.165) is 23.6 Å². The van der Waals surface area contributed by atoms with Gasteiger partial charge in [-0.05, 0) is 30.9 Å². The van der Waals surface area contributed by atoms with E-state index in [1.165, 1.54) is 12.0 Å². The van der Waals surface area contributed by atoms with Gasteiger partial charge in [-0.15, -0.1) is 0 Å². The van der Waals surface area contributed by atoms with Gasteiger partial charge in [0.05, 0.1) is 0 Å². The van der Waals surface area contributed by atoms with Gasteiger partial charge in [0, 0.05) is 24.1 Å². The Labute approximate surface area is 99.8 Å². The maximum absolute atomic E-state index is 4.51. The molecule has 2 unspecified atom stereocenters. The normalized spacial score (nSPS) is 25.9. The van der Waals surface area contributed by atoms with Gasteiger partial charge in [-0.1, -0.05) is 28.9 Å². The highest BCUT2D eigenvalue weighted by molar-refractivity contribution is 9.08. The minimum absolute atomic E-state index is 0.627. The quantitative estimate of drug-likeness (QED) is 0.766. The minimum Gasteiger partial charge on any atom is -0.354 e. The Hall–Kier alpha value is -0.570. The monoisotopic (exact) mass is 268 g/mol. The Morgan fingerprint density at radius 3 is 2.73 bits per heavy atom. The van der Waals surface area contributed by atoms with Gasteiger partial charge < -0.3 is 4.90 Å². The van der Waals surface area contributed by atoms with Crippen molar-refractivity contribution in [1.82, 2.24) is 4.98 Å². The van der Waals surface area contributed by atoms with Crippen LogP contribution in [0.3, 0.4) is 0 Å². The SMILES string of the molecule is CC1CC(C)N(c2ccc(CBr)cn2)C1. The fraction of sp³-hybridized carbons (Fsp3) is 0.583. The van der Waals surface area contributed by atoms with Crippen LogP contribution in [0.25, 0.3) is 0 Å². The summed E-state index contributed by atoms with van der Waals surface area (Å²) in [6.45, 7) is 5.73. The average molecular weight is 269 g/mol. The van der Waals surface area contributed by atoms with E-state index in [9.17, 15) is 0 Å². The zero-order valence-corrected chi connectivity index (χ0v) is 10.9. The molecule has 1 aromatic rings. The van der Waals surface area contributed by atoms with E-state index >= 15 is 0 Å². The average Bonchev–Trinajstić information content (AvgIpc) is 2.58. The summed E-state index contributed by atoms with van der Waals surface area (Å²) in [6, 6.07) is 4.90. The van der Waals surface area contributed by atoms with Crippen molar-refractivity contribution in [2.24, 2.45) is 5.92 Å². The molecule has 15 heavy (non-hydrogen) atoms. The van der Waals surface area contributed by atoms with Crippen LogP contribution >= 0.6 is 15.9 Å². The van der Waals surface area contributed by atoms with Crippen molar-refractivity contribution in [3.63, 3.8) is 0 Å². The lowest BCUT2D eigenvalue weighted by Crippen LogP contribution is -2.27. The number of pyridine rings is 1. The zero-order valence-electron chi connectivity index (χ0n) is 9.28. The van der Waals surface area contributed by atoms with Gasteiger partial charge in [-0.3, -0.25) is 0 Å². The predicted molar refractivity (Wildman–Crippen MR) is 67.5 cm³/mol. The van der Waals surface area contributed by atoms with Crippen LogP contribution in [0.4, 0.5) is 5.82 Å². The first-order valence-electron chi connectivity index (χ1n) is 5.48. The van der Waals surface area contributed by atoms with Crippen molar-refractivity contribution >= 4 is 21.7 Å². The standard InChI is InChI=1S/C12H17BrN2/c1-9-5-10(2)15(8-9)12-4-3-11(6-13)7-14-12/h3-4,7,9-10H,5-6,8H2,1-2H3. The predicted octanol–water partition coefficient (Wildman–Crippen LogP) is 3.21. The van der Waals surface area contributed by atoms with E-state index < -0.39 is 0 Å². The molecule has 2 rings (SSSR count). The lowest BCUT2D eigenvalue weighted by atomic mass is 10.1. The smallest absolute Gasteiger partial charge is 0.128 e. The molecule has 1 saturated heterocycles. The highest BCUT2D eigenvalue weighted by Gasteiger charge is 2.26. The van der Waals surface area contributed by atoms with Gasteiger partial charge in [-0.25, -0.2) is 4.98 Å². The molecular weight excluding hydrogens is 252 g/mol. The summed E-state index contributed by atoms with van der Waals surface area (Å²) in [6.07, 6.45) is 3.24. The Morgan fingerprint density at radius 1 is 1.47 bits per heavy atom. The third-order valence-electron chi connectivity index (χ3n) is 3.04. The third kappa shape index (κ3) is 2.33. The van der Waals surface area contributed by atoms with Crippen molar-refractivity contribution in [2.45, 2.75) is 31.6 Å². The Morgan fingerprint density at radius 2 is 2.27 bits per heavy atom. The molecule has 0 saturated carbocycles. The molecule has 0 spiro atoms. The molecule has 0 amide bonds. The number of aromatic nitrogens is 1.